The number of alkyl halides is 3. The highest BCUT2D eigenvalue weighted by Gasteiger charge is 2.31. The Morgan fingerprint density at radius 2 is 1.74 bits per heavy atom. The van der Waals surface area contributed by atoms with E-state index in [1.54, 1.807) is 12.1 Å². The number of nitrogens with two attached hydrogens (primary N) is 1. The minimum Gasteiger partial charge on any atom is -0.406 e. The van der Waals surface area contributed by atoms with Crippen LogP contribution in [-0.4, -0.2) is 12.9 Å². The first-order valence-electron chi connectivity index (χ1n) is 6.52. The molecule has 0 radical (unpaired) electrons. The number of hydrogen-bond acceptors (Lipinski definition) is 2. The molecule has 1 aliphatic carbocycles. The van der Waals surface area contributed by atoms with Crippen LogP contribution in [-0.2, 0) is 6.42 Å². The van der Waals surface area contributed by atoms with E-state index in [0.29, 0.717) is 18.4 Å². The Bertz CT molecular complexity index is 402. The summed E-state index contributed by atoms with van der Waals surface area (Å²) in [5.74, 6) is 0.934. The molecule has 19 heavy (non-hydrogen) atoms. The van der Waals surface area contributed by atoms with Crippen molar-refractivity contribution in [1.29, 1.82) is 0 Å². The largest absolute Gasteiger partial charge is 0.573 e. The topological polar surface area (TPSA) is 35.2 Å². The summed E-state index contributed by atoms with van der Waals surface area (Å²) >= 11 is 0. The van der Waals surface area contributed by atoms with Crippen molar-refractivity contribution in [2.45, 2.75) is 32.0 Å². The minimum absolute atomic E-state index is 0.168. The summed E-state index contributed by atoms with van der Waals surface area (Å²) in [6.07, 6.45) is -0.229. The summed E-state index contributed by atoms with van der Waals surface area (Å²) in [6, 6.07) is 6.14. The van der Waals surface area contributed by atoms with Gasteiger partial charge < -0.3 is 10.5 Å². The van der Waals surface area contributed by atoms with Gasteiger partial charge in [0.15, 0.2) is 0 Å². The first-order chi connectivity index (χ1) is 8.98. The fourth-order valence-corrected chi connectivity index (χ4v) is 2.82. The average Bonchev–Trinajstić information content (AvgIpc) is 2.77. The number of halogens is 3. The third-order valence-corrected chi connectivity index (χ3v) is 3.77. The molecule has 0 aliphatic heterocycles. The number of hydrogen-bond donors (Lipinski definition) is 1. The van der Waals surface area contributed by atoms with Crippen molar-refractivity contribution in [2.24, 2.45) is 17.6 Å². The molecule has 0 amide bonds. The SMILES string of the molecule is NCC1CCCC1Cc1ccc(OC(F)(F)F)cc1. The minimum atomic E-state index is -4.63. The van der Waals surface area contributed by atoms with Crippen LogP contribution >= 0.6 is 0 Å². The van der Waals surface area contributed by atoms with Crippen LogP contribution in [0.4, 0.5) is 13.2 Å². The third kappa shape index (κ3) is 4.13. The van der Waals surface area contributed by atoms with Crippen molar-refractivity contribution < 1.29 is 17.9 Å². The highest BCUT2D eigenvalue weighted by atomic mass is 19.4. The maximum absolute atomic E-state index is 12.0. The van der Waals surface area contributed by atoms with Gasteiger partial charge in [-0.25, -0.2) is 0 Å². The number of ether oxygens (including phenoxy) is 1. The molecule has 2 N–H and O–H groups in total. The van der Waals surface area contributed by atoms with Gasteiger partial charge in [0, 0.05) is 0 Å². The molecule has 0 bridgehead atoms. The van der Waals surface area contributed by atoms with Gasteiger partial charge in [-0.05, 0) is 55.3 Å². The molecule has 1 aromatic rings. The lowest BCUT2D eigenvalue weighted by atomic mass is 9.90. The van der Waals surface area contributed by atoms with E-state index in [1.165, 1.54) is 18.6 Å². The van der Waals surface area contributed by atoms with Crippen LogP contribution in [0.3, 0.4) is 0 Å². The van der Waals surface area contributed by atoms with Crippen LogP contribution in [0.2, 0.25) is 0 Å². The zero-order valence-electron chi connectivity index (χ0n) is 10.6. The van der Waals surface area contributed by atoms with Gasteiger partial charge in [-0.15, -0.1) is 13.2 Å². The molecule has 0 aromatic heterocycles. The number of benzene rings is 1. The van der Waals surface area contributed by atoms with E-state index in [1.807, 2.05) is 0 Å². The molecule has 1 fully saturated rings. The van der Waals surface area contributed by atoms with Gasteiger partial charge in [0.05, 0.1) is 0 Å². The molecular formula is C14H18F3NO. The molecule has 2 nitrogen and oxygen atoms in total. The van der Waals surface area contributed by atoms with E-state index >= 15 is 0 Å². The zero-order valence-corrected chi connectivity index (χ0v) is 10.6. The lowest BCUT2D eigenvalue weighted by molar-refractivity contribution is -0.274. The van der Waals surface area contributed by atoms with Crippen LogP contribution in [0.15, 0.2) is 24.3 Å². The second-order valence-corrected chi connectivity index (χ2v) is 5.08. The molecular weight excluding hydrogens is 255 g/mol. The summed E-state index contributed by atoms with van der Waals surface area (Å²) in [5, 5.41) is 0. The summed E-state index contributed by atoms with van der Waals surface area (Å²) in [7, 11) is 0. The van der Waals surface area contributed by atoms with Gasteiger partial charge in [-0.1, -0.05) is 18.6 Å². The van der Waals surface area contributed by atoms with Gasteiger partial charge in [0.25, 0.3) is 0 Å². The lowest BCUT2D eigenvalue weighted by Gasteiger charge is -2.18. The fourth-order valence-electron chi connectivity index (χ4n) is 2.82. The standard InChI is InChI=1S/C14H18F3NO/c15-14(16,17)19-13-6-4-10(5-7-13)8-11-2-1-3-12(11)9-18/h4-7,11-12H,1-3,8-9,18H2. The molecule has 1 aromatic carbocycles. The Labute approximate surface area is 110 Å². The predicted octanol–water partition coefficient (Wildman–Crippen LogP) is 3.50. The quantitative estimate of drug-likeness (QED) is 0.911. The highest BCUT2D eigenvalue weighted by Crippen LogP contribution is 2.34. The maximum Gasteiger partial charge on any atom is 0.573 e. The van der Waals surface area contributed by atoms with Crippen molar-refractivity contribution in [3.63, 3.8) is 0 Å². The van der Waals surface area contributed by atoms with E-state index in [-0.39, 0.29) is 5.75 Å². The summed E-state index contributed by atoms with van der Waals surface area (Å²) in [5.41, 5.74) is 6.77. The van der Waals surface area contributed by atoms with Crippen molar-refractivity contribution in [3.8, 4) is 5.75 Å². The van der Waals surface area contributed by atoms with Crippen LogP contribution in [0.5, 0.6) is 5.75 Å². The fraction of sp³-hybridized carbons (Fsp3) is 0.571. The van der Waals surface area contributed by atoms with Gasteiger partial charge in [-0.3, -0.25) is 0 Å². The molecule has 2 unspecified atom stereocenters. The smallest absolute Gasteiger partial charge is 0.406 e. The molecule has 1 aliphatic rings. The van der Waals surface area contributed by atoms with E-state index in [4.69, 9.17) is 5.73 Å². The monoisotopic (exact) mass is 273 g/mol. The Morgan fingerprint density at radius 3 is 2.32 bits per heavy atom. The number of rotatable bonds is 4. The molecule has 106 valence electrons. The van der Waals surface area contributed by atoms with Crippen molar-refractivity contribution in [2.75, 3.05) is 6.54 Å². The van der Waals surface area contributed by atoms with E-state index in [0.717, 1.165) is 24.8 Å². The van der Waals surface area contributed by atoms with E-state index < -0.39 is 6.36 Å². The van der Waals surface area contributed by atoms with Crippen LogP contribution < -0.4 is 10.5 Å². The zero-order chi connectivity index (χ0) is 13.9. The Kier molecular flexibility index (Phi) is 4.34. The Hall–Kier alpha value is -1.23. The van der Waals surface area contributed by atoms with Gasteiger partial charge in [0.1, 0.15) is 5.75 Å². The second kappa shape index (κ2) is 5.82. The molecule has 0 saturated heterocycles. The van der Waals surface area contributed by atoms with Crippen molar-refractivity contribution in [3.05, 3.63) is 29.8 Å². The van der Waals surface area contributed by atoms with E-state index in [2.05, 4.69) is 4.74 Å². The predicted molar refractivity (Wildman–Crippen MR) is 66.7 cm³/mol. The molecule has 0 spiro atoms. The Balaban J connectivity index is 1.95. The maximum atomic E-state index is 12.0. The van der Waals surface area contributed by atoms with Crippen LogP contribution in [0, 0.1) is 11.8 Å². The van der Waals surface area contributed by atoms with Crippen molar-refractivity contribution >= 4 is 0 Å². The third-order valence-electron chi connectivity index (χ3n) is 3.77. The van der Waals surface area contributed by atoms with Gasteiger partial charge in [-0.2, -0.15) is 0 Å². The van der Waals surface area contributed by atoms with Gasteiger partial charge in [0.2, 0.25) is 0 Å². The van der Waals surface area contributed by atoms with E-state index in [9.17, 15) is 13.2 Å². The van der Waals surface area contributed by atoms with Crippen LogP contribution in [0.1, 0.15) is 24.8 Å². The summed E-state index contributed by atoms with van der Waals surface area (Å²) < 4.78 is 39.9. The van der Waals surface area contributed by atoms with Crippen LogP contribution in [0.25, 0.3) is 0 Å². The Morgan fingerprint density at radius 1 is 1.11 bits per heavy atom. The molecule has 2 atom stereocenters. The molecule has 2 rings (SSSR count). The molecule has 5 heteroatoms. The first-order valence-corrected chi connectivity index (χ1v) is 6.52. The summed E-state index contributed by atoms with van der Waals surface area (Å²) in [4.78, 5) is 0. The van der Waals surface area contributed by atoms with Gasteiger partial charge >= 0.3 is 6.36 Å². The van der Waals surface area contributed by atoms with Crippen molar-refractivity contribution in [1.82, 2.24) is 0 Å². The highest BCUT2D eigenvalue weighted by molar-refractivity contribution is 5.27. The summed E-state index contributed by atoms with van der Waals surface area (Å²) in [6.45, 7) is 0.694. The second-order valence-electron chi connectivity index (χ2n) is 5.08. The lowest BCUT2D eigenvalue weighted by Crippen LogP contribution is -2.20. The normalized spacial score (nSPS) is 23.6. The molecule has 0 heterocycles. The average molecular weight is 273 g/mol. The first kappa shape index (κ1) is 14.2. The molecule has 1 saturated carbocycles.